The Kier molecular flexibility index (Phi) is 7.81. The van der Waals surface area contributed by atoms with Gasteiger partial charge in [0, 0.05) is 38.0 Å². The summed E-state index contributed by atoms with van der Waals surface area (Å²) in [4.78, 5) is 22.0. The van der Waals surface area contributed by atoms with Crippen LogP contribution >= 0.6 is 11.3 Å². The molecule has 0 saturated carbocycles. The summed E-state index contributed by atoms with van der Waals surface area (Å²) in [5.41, 5.74) is 0.954. The maximum atomic E-state index is 13.5. The van der Waals surface area contributed by atoms with Gasteiger partial charge in [-0.3, -0.25) is 9.69 Å². The molecule has 0 N–H and O–H groups in total. The van der Waals surface area contributed by atoms with Gasteiger partial charge >= 0.3 is 0 Å². The van der Waals surface area contributed by atoms with Gasteiger partial charge in [0.15, 0.2) is 15.0 Å². The van der Waals surface area contributed by atoms with Crippen molar-refractivity contribution < 1.29 is 21.6 Å². The molecule has 1 aliphatic heterocycles. The van der Waals surface area contributed by atoms with Crippen LogP contribution < -0.4 is 4.90 Å². The number of fused-ring (bicyclic) bond motifs is 1. The summed E-state index contributed by atoms with van der Waals surface area (Å²) in [6.45, 7) is 1.97. The normalized spacial score (nSPS) is 15.4. The minimum Gasteiger partial charge on any atom is -0.308 e. The fourth-order valence-corrected chi connectivity index (χ4v) is 7.27. The number of likely N-dealkylation sites (N-methyl/N-ethyl adjacent to an activating group) is 1. The van der Waals surface area contributed by atoms with E-state index in [0.717, 1.165) is 25.5 Å². The van der Waals surface area contributed by atoms with Gasteiger partial charge in [-0.2, -0.15) is 4.31 Å². The van der Waals surface area contributed by atoms with Crippen molar-refractivity contribution in [2.45, 2.75) is 29.1 Å². The molecule has 0 spiro atoms. The van der Waals surface area contributed by atoms with E-state index < -0.39 is 19.9 Å². The zero-order chi connectivity index (χ0) is 26.1. The Morgan fingerprint density at radius 2 is 1.58 bits per heavy atom. The Morgan fingerprint density at radius 1 is 0.944 bits per heavy atom. The van der Waals surface area contributed by atoms with Crippen molar-refractivity contribution in [3.8, 4) is 0 Å². The summed E-state index contributed by atoms with van der Waals surface area (Å²) in [5, 5.41) is 0.451. The van der Waals surface area contributed by atoms with Gasteiger partial charge in [0.2, 0.25) is 10.0 Å². The van der Waals surface area contributed by atoms with Crippen LogP contribution in [-0.2, 0) is 19.9 Å². The van der Waals surface area contributed by atoms with Gasteiger partial charge in [0.25, 0.3) is 5.91 Å². The third-order valence-electron chi connectivity index (χ3n) is 6.08. The molecular weight excluding hydrogens is 520 g/mol. The second-order valence-electron chi connectivity index (χ2n) is 9.15. The molecule has 0 radical (unpaired) electrons. The van der Waals surface area contributed by atoms with Crippen LogP contribution in [-0.4, -0.2) is 83.5 Å². The molecule has 3 aromatic rings. The Labute approximate surface area is 216 Å². The van der Waals surface area contributed by atoms with Crippen molar-refractivity contribution in [2.24, 2.45) is 0 Å². The summed E-state index contributed by atoms with van der Waals surface area (Å²) in [6, 6.07) is 10.8. The highest BCUT2D eigenvalue weighted by atomic mass is 32.2. The van der Waals surface area contributed by atoms with Crippen molar-refractivity contribution in [2.75, 3.05) is 51.4 Å². The molecule has 12 heteroatoms. The number of hydrogen-bond acceptors (Lipinski definition) is 8. The minimum absolute atomic E-state index is 0.175. The molecular formula is C24H30N4O5S3. The Bertz CT molecular complexity index is 1460. The molecule has 0 aliphatic carbocycles. The highest BCUT2D eigenvalue weighted by molar-refractivity contribution is 7.90. The standard InChI is InChI=1S/C24H30N4O5S3/c1-26(2)15-16-28(24-25-21-12-11-20(35(3,30)31)17-22(21)34-24)23(29)18-7-9-19(10-8-18)36(32,33)27-13-5-4-6-14-27/h7-12,17H,4-6,13-16H2,1-3H3. The number of amides is 1. The lowest BCUT2D eigenvalue weighted by atomic mass is 10.2. The molecule has 9 nitrogen and oxygen atoms in total. The van der Waals surface area contributed by atoms with Gasteiger partial charge in [0.1, 0.15) is 0 Å². The van der Waals surface area contributed by atoms with Crippen molar-refractivity contribution in [1.29, 1.82) is 0 Å². The number of sulfone groups is 1. The number of carbonyl (C=O) groups is 1. The fraction of sp³-hybridized carbons (Fsp3) is 0.417. The number of thiazole rings is 1. The maximum Gasteiger partial charge on any atom is 0.260 e. The predicted octanol–water partition coefficient (Wildman–Crippen LogP) is 3.08. The number of anilines is 1. The van der Waals surface area contributed by atoms with Crippen LogP contribution in [0.25, 0.3) is 10.2 Å². The van der Waals surface area contributed by atoms with Gasteiger partial charge in [-0.05, 0) is 69.4 Å². The van der Waals surface area contributed by atoms with E-state index in [1.807, 2.05) is 19.0 Å². The molecule has 1 aliphatic rings. The SMILES string of the molecule is CN(C)CCN(C(=O)c1ccc(S(=O)(=O)N2CCCCC2)cc1)c1nc2ccc(S(C)(=O)=O)cc2s1. The quantitative estimate of drug-likeness (QED) is 0.424. The molecule has 4 rings (SSSR count). The molecule has 1 aromatic heterocycles. The van der Waals surface area contributed by atoms with E-state index in [0.29, 0.717) is 47.1 Å². The minimum atomic E-state index is -3.59. The van der Waals surface area contributed by atoms with Crippen LogP contribution in [0, 0.1) is 0 Å². The molecule has 1 saturated heterocycles. The lowest BCUT2D eigenvalue weighted by Gasteiger charge is -2.26. The number of rotatable bonds is 8. The number of sulfonamides is 1. The van der Waals surface area contributed by atoms with E-state index in [-0.39, 0.29) is 15.7 Å². The second-order valence-corrected chi connectivity index (χ2v) is 14.1. The van der Waals surface area contributed by atoms with Gasteiger partial charge in [-0.15, -0.1) is 0 Å². The Morgan fingerprint density at radius 3 is 2.19 bits per heavy atom. The van der Waals surface area contributed by atoms with Crippen LogP contribution in [0.1, 0.15) is 29.6 Å². The molecule has 2 aromatic carbocycles. The van der Waals surface area contributed by atoms with Crippen molar-refractivity contribution in [1.82, 2.24) is 14.2 Å². The number of piperidine rings is 1. The molecule has 0 bridgehead atoms. The molecule has 0 atom stereocenters. The number of aromatic nitrogens is 1. The average Bonchev–Trinajstić information content (AvgIpc) is 3.27. The highest BCUT2D eigenvalue weighted by Crippen LogP contribution is 2.31. The topological polar surface area (TPSA) is 108 Å². The monoisotopic (exact) mass is 550 g/mol. The van der Waals surface area contributed by atoms with Crippen LogP contribution in [0.15, 0.2) is 52.3 Å². The van der Waals surface area contributed by atoms with Crippen molar-refractivity contribution in [3.63, 3.8) is 0 Å². The first-order chi connectivity index (χ1) is 17.0. The Balaban J connectivity index is 1.64. The van der Waals surface area contributed by atoms with E-state index in [9.17, 15) is 21.6 Å². The highest BCUT2D eigenvalue weighted by Gasteiger charge is 2.27. The zero-order valence-electron chi connectivity index (χ0n) is 20.5. The van der Waals surface area contributed by atoms with Gasteiger partial charge in [0.05, 0.1) is 20.0 Å². The van der Waals surface area contributed by atoms with Gasteiger partial charge in [-0.25, -0.2) is 21.8 Å². The van der Waals surface area contributed by atoms with Crippen LogP contribution in [0.4, 0.5) is 5.13 Å². The second kappa shape index (κ2) is 10.5. The van der Waals surface area contributed by atoms with E-state index >= 15 is 0 Å². The van der Waals surface area contributed by atoms with Crippen LogP contribution in [0.3, 0.4) is 0 Å². The Hall–Kier alpha value is -2.38. The van der Waals surface area contributed by atoms with E-state index in [1.165, 1.54) is 46.0 Å². The summed E-state index contributed by atoms with van der Waals surface area (Å²) in [7, 11) is -3.16. The molecule has 2 heterocycles. The number of hydrogen-bond donors (Lipinski definition) is 0. The fourth-order valence-electron chi connectivity index (χ4n) is 4.00. The maximum absolute atomic E-state index is 13.5. The molecule has 36 heavy (non-hydrogen) atoms. The largest absolute Gasteiger partial charge is 0.308 e. The first-order valence-electron chi connectivity index (χ1n) is 11.6. The lowest BCUT2D eigenvalue weighted by Crippen LogP contribution is -2.37. The molecule has 1 amide bonds. The smallest absolute Gasteiger partial charge is 0.260 e. The number of carbonyl (C=O) groups excluding carboxylic acids is 1. The first kappa shape index (κ1) is 26.7. The third kappa shape index (κ3) is 5.78. The molecule has 0 unspecified atom stereocenters. The summed E-state index contributed by atoms with van der Waals surface area (Å²) < 4.78 is 52.0. The van der Waals surface area contributed by atoms with Crippen molar-refractivity contribution >= 4 is 52.5 Å². The molecule has 194 valence electrons. The van der Waals surface area contributed by atoms with Crippen LogP contribution in [0.2, 0.25) is 0 Å². The average molecular weight is 551 g/mol. The van der Waals surface area contributed by atoms with Gasteiger partial charge in [-0.1, -0.05) is 17.8 Å². The number of nitrogens with zero attached hydrogens (tertiary/aromatic N) is 4. The van der Waals surface area contributed by atoms with E-state index in [1.54, 1.807) is 17.0 Å². The first-order valence-corrected chi connectivity index (χ1v) is 15.8. The lowest BCUT2D eigenvalue weighted by molar-refractivity contribution is 0.0985. The summed E-state index contributed by atoms with van der Waals surface area (Å²) in [6.07, 6.45) is 3.89. The zero-order valence-corrected chi connectivity index (χ0v) is 23.0. The summed E-state index contributed by atoms with van der Waals surface area (Å²) in [5.74, 6) is -0.304. The van der Waals surface area contributed by atoms with Crippen molar-refractivity contribution in [3.05, 3.63) is 48.0 Å². The molecule has 1 fully saturated rings. The van der Waals surface area contributed by atoms with Gasteiger partial charge < -0.3 is 4.90 Å². The number of benzene rings is 2. The van der Waals surface area contributed by atoms with E-state index in [2.05, 4.69) is 4.98 Å². The predicted molar refractivity (Wildman–Crippen MR) is 142 cm³/mol. The summed E-state index contributed by atoms with van der Waals surface area (Å²) >= 11 is 1.24. The van der Waals surface area contributed by atoms with E-state index in [4.69, 9.17) is 0 Å². The third-order valence-corrected chi connectivity index (χ3v) is 10.1. The van der Waals surface area contributed by atoms with Crippen LogP contribution in [0.5, 0.6) is 0 Å².